The minimum absolute atomic E-state index is 0.502. The van der Waals surface area contributed by atoms with Gasteiger partial charge in [-0.1, -0.05) is 36.4 Å². The van der Waals surface area contributed by atoms with Crippen LogP contribution >= 0.6 is 22.6 Å². The lowest BCUT2D eigenvalue weighted by Crippen LogP contribution is -1.99. The first-order chi connectivity index (χ1) is 14.7. The largest absolute Gasteiger partial charge is 0.493 e. The van der Waals surface area contributed by atoms with E-state index in [0.717, 1.165) is 51.8 Å². The van der Waals surface area contributed by atoms with Crippen molar-refractivity contribution in [2.75, 3.05) is 12.4 Å². The van der Waals surface area contributed by atoms with Crippen LogP contribution in [0.4, 0.5) is 11.5 Å². The molecule has 5 rings (SSSR count). The molecule has 0 saturated carbocycles. The fourth-order valence-electron chi connectivity index (χ4n) is 3.75. The Morgan fingerprint density at radius 1 is 1.03 bits per heavy atom. The Morgan fingerprint density at radius 2 is 1.90 bits per heavy atom. The van der Waals surface area contributed by atoms with Gasteiger partial charge in [0.15, 0.2) is 17.3 Å². The molecular formula is C24H20IN3O2. The number of aromatic amines is 1. The van der Waals surface area contributed by atoms with Crippen molar-refractivity contribution in [1.82, 2.24) is 10.2 Å². The van der Waals surface area contributed by atoms with Gasteiger partial charge in [0.2, 0.25) is 0 Å². The summed E-state index contributed by atoms with van der Waals surface area (Å²) in [5.41, 5.74) is 6.65. The summed E-state index contributed by atoms with van der Waals surface area (Å²) in [5, 5.41) is 11.1. The number of methoxy groups -OCH3 is 1. The van der Waals surface area contributed by atoms with Crippen LogP contribution in [0, 0.1) is 3.57 Å². The van der Waals surface area contributed by atoms with E-state index in [2.05, 4.69) is 68.4 Å². The Hall–Kier alpha value is -3.00. The second-order valence-electron chi connectivity index (χ2n) is 7.17. The smallest absolute Gasteiger partial charge is 0.161 e. The van der Waals surface area contributed by atoms with Crippen molar-refractivity contribution in [2.24, 2.45) is 0 Å². The molecule has 0 atom stereocenters. The minimum Gasteiger partial charge on any atom is -0.493 e. The van der Waals surface area contributed by atoms with Crippen molar-refractivity contribution in [1.29, 1.82) is 0 Å². The molecule has 3 aromatic carbocycles. The van der Waals surface area contributed by atoms with E-state index in [-0.39, 0.29) is 0 Å². The first-order valence-corrected chi connectivity index (χ1v) is 10.8. The number of halogens is 1. The Bertz CT molecular complexity index is 1200. The fourth-order valence-corrected chi connectivity index (χ4v) is 4.29. The molecule has 1 aromatic heterocycles. The van der Waals surface area contributed by atoms with Crippen LogP contribution in [0.25, 0.3) is 11.3 Å². The van der Waals surface area contributed by atoms with Crippen molar-refractivity contribution in [3.63, 3.8) is 0 Å². The zero-order valence-corrected chi connectivity index (χ0v) is 18.6. The molecule has 4 aromatic rings. The Balaban J connectivity index is 1.42. The van der Waals surface area contributed by atoms with Crippen molar-refractivity contribution < 1.29 is 9.47 Å². The van der Waals surface area contributed by atoms with E-state index in [9.17, 15) is 0 Å². The summed E-state index contributed by atoms with van der Waals surface area (Å²) >= 11 is 2.31. The molecule has 0 amide bonds. The Morgan fingerprint density at radius 3 is 2.70 bits per heavy atom. The summed E-state index contributed by atoms with van der Waals surface area (Å²) in [6.45, 7) is 0.502. The molecule has 30 heavy (non-hydrogen) atoms. The fraction of sp³-hybridized carbons (Fsp3) is 0.125. The predicted molar refractivity (Wildman–Crippen MR) is 127 cm³/mol. The monoisotopic (exact) mass is 509 g/mol. The lowest BCUT2D eigenvalue weighted by Gasteiger charge is -2.13. The first kappa shape index (κ1) is 19.0. The number of hydrogen-bond acceptors (Lipinski definition) is 4. The number of ether oxygens (including phenoxy) is 2. The van der Waals surface area contributed by atoms with Gasteiger partial charge in [-0.15, -0.1) is 0 Å². The quantitative estimate of drug-likeness (QED) is 0.279. The number of anilines is 2. The number of nitrogens with zero attached hydrogens (tertiary/aromatic N) is 1. The first-order valence-electron chi connectivity index (χ1n) is 9.69. The maximum Gasteiger partial charge on any atom is 0.161 e. The van der Waals surface area contributed by atoms with Crippen LogP contribution in [0.2, 0.25) is 0 Å². The highest BCUT2D eigenvalue weighted by Crippen LogP contribution is 2.44. The lowest BCUT2D eigenvalue weighted by atomic mass is 10.1. The third kappa shape index (κ3) is 3.63. The average molecular weight is 509 g/mol. The van der Waals surface area contributed by atoms with Crippen molar-refractivity contribution >= 4 is 34.1 Å². The van der Waals surface area contributed by atoms with Gasteiger partial charge >= 0.3 is 0 Å². The molecule has 0 fully saturated rings. The molecule has 0 radical (unpaired) electrons. The van der Waals surface area contributed by atoms with Crippen LogP contribution in [-0.2, 0) is 13.0 Å². The molecule has 1 heterocycles. The molecule has 0 unspecified atom stereocenters. The van der Waals surface area contributed by atoms with E-state index >= 15 is 0 Å². The highest BCUT2D eigenvalue weighted by molar-refractivity contribution is 14.1. The summed E-state index contributed by atoms with van der Waals surface area (Å²) in [6, 6.07) is 22.5. The van der Waals surface area contributed by atoms with E-state index in [1.54, 1.807) is 7.11 Å². The SMILES string of the molecule is COc1cc2c(cc1OCc1ccccc1)Cc1c(Nc3cccc(I)c3)n[nH]c1-2. The molecule has 150 valence electrons. The maximum absolute atomic E-state index is 6.09. The summed E-state index contributed by atoms with van der Waals surface area (Å²) in [5.74, 6) is 2.33. The summed E-state index contributed by atoms with van der Waals surface area (Å²) < 4.78 is 12.9. The van der Waals surface area contributed by atoms with Gasteiger partial charge in [-0.25, -0.2) is 0 Å². The van der Waals surface area contributed by atoms with Crippen LogP contribution in [0.3, 0.4) is 0 Å². The van der Waals surface area contributed by atoms with Gasteiger partial charge in [0.05, 0.1) is 12.8 Å². The van der Waals surface area contributed by atoms with Gasteiger partial charge in [-0.05, 0) is 64.0 Å². The van der Waals surface area contributed by atoms with Crippen LogP contribution in [-0.4, -0.2) is 17.3 Å². The maximum atomic E-state index is 6.09. The summed E-state index contributed by atoms with van der Waals surface area (Å²) in [4.78, 5) is 0. The van der Waals surface area contributed by atoms with Gasteiger partial charge in [0, 0.05) is 26.8 Å². The second-order valence-corrected chi connectivity index (χ2v) is 8.42. The van der Waals surface area contributed by atoms with Crippen molar-refractivity contribution in [3.8, 4) is 22.8 Å². The Labute approximate surface area is 188 Å². The zero-order chi connectivity index (χ0) is 20.5. The van der Waals surface area contributed by atoms with Gasteiger partial charge in [0.25, 0.3) is 0 Å². The number of nitrogens with one attached hydrogen (secondary N) is 2. The van der Waals surface area contributed by atoms with Crippen LogP contribution in [0.5, 0.6) is 11.5 Å². The van der Waals surface area contributed by atoms with Gasteiger partial charge < -0.3 is 14.8 Å². The molecule has 5 nitrogen and oxygen atoms in total. The van der Waals surface area contributed by atoms with E-state index in [0.29, 0.717) is 6.61 Å². The number of H-pyrrole nitrogens is 1. The number of benzene rings is 3. The van der Waals surface area contributed by atoms with Crippen molar-refractivity contribution in [2.45, 2.75) is 13.0 Å². The van der Waals surface area contributed by atoms with Gasteiger partial charge in [-0.3, -0.25) is 5.10 Å². The van der Waals surface area contributed by atoms with Gasteiger partial charge in [0.1, 0.15) is 6.61 Å². The van der Waals surface area contributed by atoms with Crippen LogP contribution < -0.4 is 14.8 Å². The van der Waals surface area contributed by atoms with E-state index in [1.807, 2.05) is 36.4 Å². The molecule has 0 aliphatic heterocycles. The molecule has 6 heteroatoms. The molecule has 0 spiro atoms. The number of aromatic nitrogens is 2. The standard InChI is InChI=1S/C24H20IN3O2/c1-29-21-13-19-16(11-22(21)30-14-15-6-3-2-4-7-15)10-20-23(19)27-28-24(20)26-18-9-5-8-17(25)12-18/h2-9,11-13H,10,14H2,1H3,(H2,26,27,28). The normalized spacial score (nSPS) is 11.7. The van der Waals surface area contributed by atoms with Crippen LogP contribution in [0.15, 0.2) is 66.7 Å². The number of rotatable bonds is 6. The lowest BCUT2D eigenvalue weighted by molar-refractivity contribution is 0.284. The molecule has 2 N–H and O–H groups in total. The highest BCUT2D eigenvalue weighted by Gasteiger charge is 2.27. The second kappa shape index (κ2) is 8.02. The average Bonchev–Trinajstić information content (AvgIpc) is 3.31. The molecular weight excluding hydrogens is 489 g/mol. The third-order valence-corrected chi connectivity index (χ3v) is 5.89. The number of hydrogen-bond donors (Lipinski definition) is 2. The third-order valence-electron chi connectivity index (χ3n) is 5.22. The zero-order valence-electron chi connectivity index (χ0n) is 16.4. The highest BCUT2D eigenvalue weighted by atomic mass is 127. The summed E-state index contributed by atoms with van der Waals surface area (Å²) in [6.07, 6.45) is 0.791. The van der Waals surface area contributed by atoms with Gasteiger partial charge in [-0.2, -0.15) is 5.10 Å². The summed E-state index contributed by atoms with van der Waals surface area (Å²) in [7, 11) is 1.67. The number of fused-ring (bicyclic) bond motifs is 3. The predicted octanol–water partition coefficient (Wildman–Crippen LogP) is 5.92. The van der Waals surface area contributed by atoms with Crippen LogP contribution in [0.1, 0.15) is 16.7 Å². The van der Waals surface area contributed by atoms with E-state index < -0.39 is 0 Å². The van der Waals surface area contributed by atoms with E-state index in [1.165, 1.54) is 9.13 Å². The molecule has 1 aliphatic carbocycles. The Kier molecular flexibility index (Phi) is 5.08. The molecule has 1 aliphatic rings. The topological polar surface area (TPSA) is 59.2 Å². The van der Waals surface area contributed by atoms with E-state index in [4.69, 9.17) is 9.47 Å². The molecule has 0 saturated heterocycles. The van der Waals surface area contributed by atoms with Crippen molar-refractivity contribution in [3.05, 3.63) is 87.0 Å². The minimum atomic E-state index is 0.502. The molecule has 0 bridgehead atoms.